The summed E-state index contributed by atoms with van der Waals surface area (Å²) in [5.74, 6) is -1.74. The second kappa shape index (κ2) is 6.60. The van der Waals surface area contributed by atoms with Gasteiger partial charge in [-0.05, 0) is 55.8 Å². The van der Waals surface area contributed by atoms with Crippen LogP contribution in [0.2, 0.25) is 5.02 Å². The zero-order chi connectivity index (χ0) is 21.1. The average molecular weight is 436 g/mol. The predicted octanol–water partition coefficient (Wildman–Crippen LogP) is 4.66. The third-order valence-corrected chi connectivity index (χ3v) is 6.95. The van der Waals surface area contributed by atoms with E-state index < -0.39 is 28.2 Å². The normalized spacial score (nSPS) is 12.1. The predicted molar refractivity (Wildman–Crippen MR) is 107 cm³/mol. The Morgan fingerprint density at radius 1 is 1.17 bits per heavy atom. The summed E-state index contributed by atoms with van der Waals surface area (Å²) < 4.78 is 47.5. The number of rotatable bonds is 4. The molecular formula is C20H15ClFNO5S. The number of halogens is 2. The number of carboxylic acid groups (broad SMARTS) is 1. The van der Waals surface area contributed by atoms with E-state index in [0.29, 0.717) is 21.6 Å². The van der Waals surface area contributed by atoms with Gasteiger partial charge >= 0.3 is 16.0 Å². The van der Waals surface area contributed by atoms with Crippen molar-refractivity contribution in [2.45, 2.75) is 25.4 Å². The van der Waals surface area contributed by atoms with Gasteiger partial charge in [-0.2, -0.15) is 8.42 Å². The molecule has 2 aromatic heterocycles. The van der Waals surface area contributed by atoms with E-state index in [0.717, 1.165) is 16.1 Å². The Hall–Kier alpha value is -2.84. The van der Waals surface area contributed by atoms with Crippen molar-refractivity contribution in [1.82, 2.24) is 3.97 Å². The van der Waals surface area contributed by atoms with E-state index in [1.54, 1.807) is 25.1 Å². The lowest BCUT2D eigenvalue weighted by molar-refractivity contribution is -0.136. The first-order valence-corrected chi connectivity index (χ1v) is 10.4. The van der Waals surface area contributed by atoms with Crippen LogP contribution in [0, 0.1) is 19.7 Å². The van der Waals surface area contributed by atoms with Crippen molar-refractivity contribution >= 4 is 49.5 Å². The van der Waals surface area contributed by atoms with Gasteiger partial charge < -0.3 is 9.52 Å². The Morgan fingerprint density at radius 2 is 1.90 bits per heavy atom. The molecule has 0 amide bonds. The Kier molecular flexibility index (Phi) is 4.43. The largest absolute Gasteiger partial charge is 0.481 e. The molecule has 150 valence electrons. The maximum absolute atomic E-state index is 13.8. The van der Waals surface area contributed by atoms with Gasteiger partial charge in [0.05, 0.1) is 11.9 Å². The van der Waals surface area contributed by atoms with Gasteiger partial charge in [-0.3, -0.25) is 4.79 Å². The molecule has 0 atom stereocenters. The monoisotopic (exact) mass is 435 g/mol. The minimum Gasteiger partial charge on any atom is -0.481 e. The number of furan rings is 1. The summed E-state index contributed by atoms with van der Waals surface area (Å²) in [5.41, 5.74) is 1.33. The van der Waals surface area contributed by atoms with Gasteiger partial charge in [-0.15, -0.1) is 0 Å². The number of carbonyl (C=O) groups is 1. The molecule has 0 radical (unpaired) electrons. The smallest absolute Gasteiger partial charge is 0.307 e. The van der Waals surface area contributed by atoms with Crippen molar-refractivity contribution in [2.24, 2.45) is 0 Å². The number of carboxylic acids is 1. The summed E-state index contributed by atoms with van der Waals surface area (Å²) >= 11 is 6.01. The van der Waals surface area contributed by atoms with E-state index in [1.165, 1.54) is 13.0 Å². The number of aromatic nitrogens is 1. The van der Waals surface area contributed by atoms with Crippen LogP contribution in [0.25, 0.3) is 21.9 Å². The molecule has 2 aromatic carbocycles. The van der Waals surface area contributed by atoms with E-state index in [2.05, 4.69) is 0 Å². The van der Waals surface area contributed by atoms with E-state index in [-0.39, 0.29) is 27.3 Å². The fourth-order valence-electron chi connectivity index (χ4n) is 3.61. The molecule has 0 spiro atoms. The highest BCUT2D eigenvalue weighted by atomic mass is 35.5. The summed E-state index contributed by atoms with van der Waals surface area (Å²) in [4.78, 5) is 11.3. The first kappa shape index (κ1) is 19.5. The lowest BCUT2D eigenvalue weighted by Gasteiger charge is -2.09. The molecule has 6 nitrogen and oxygen atoms in total. The quantitative estimate of drug-likeness (QED) is 0.503. The van der Waals surface area contributed by atoms with Crippen molar-refractivity contribution in [3.05, 3.63) is 64.1 Å². The topological polar surface area (TPSA) is 89.5 Å². The van der Waals surface area contributed by atoms with Gasteiger partial charge in [0.1, 0.15) is 11.4 Å². The average Bonchev–Trinajstić information content (AvgIpc) is 3.11. The Balaban J connectivity index is 2.05. The van der Waals surface area contributed by atoms with Crippen LogP contribution in [0.5, 0.6) is 0 Å². The van der Waals surface area contributed by atoms with Gasteiger partial charge in [0, 0.05) is 27.1 Å². The summed E-state index contributed by atoms with van der Waals surface area (Å²) in [7, 11) is -4.24. The lowest BCUT2D eigenvalue weighted by Crippen LogP contribution is -2.15. The number of hydrogen-bond donors (Lipinski definition) is 1. The minimum absolute atomic E-state index is 0.179. The number of nitrogens with zero attached hydrogens (tertiary/aromatic N) is 1. The molecular weight excluding hydrogens is 421 g/mol. The number of fused-ring (bicyclic) bond motifs is 2. The third kappa shape index (κ3) is 2.99. The van der Waals surface area contributed by atoms with Crippen LogP contribution in [-0.4, -0.2) is 23.5 Å². The van der Waals surface area contributed by atoms with Crippen LogP contribution >= 0.6 is 11.6 Å². The lowest BCUT2D eigenvalue weighted by atomic mass is 10.1. The Bertz CT molecular complexity index is 1420. The molecule has 0 saturated heterocycles. The number of benzene rings is 2. The molecule has 0 aliphatic rings. The van der Waals surface area contributed by atoms with Gasteiger partial charge in [-0.25, -0.2) is 8.36 Å². The number of aryl methyl sites for hydroxylation is 1. The fourth-order valence-corrected chi connectivity index (χ4v) is 5.53. The van der Waals surface area contributed by atoms with E-state index in [4.69, 9.17) is 16.0 Å². The molecule has 2 heterocycles. The van der Waals surface area contributed by atoms with Crippen molar-refractivity contribution in [1.29, 1.82) is 0 Å². The SMILES string of the molecule is Cc1c(S(=O)(=O)n2c(C)c(CC(=O)O)c3cc(F)ccc32)oc2ccc(Cl)cc12. The zero-order valence-corrected chi connectivity index (χ0v) is 16.9. The number of hydrogen-bond acceptors (Lipinski definition) is 4. The molecule has 4 aromatic rings. The summed E-state index contributed by atoms with van der Waals surface area (Å²) in [5, 5.41) is 10.2. The second-order valence-electron chi connectivity index (χ2n) is 6.72. The molecule has 0 fully saturated rings. The van der Waals surface area contributed by atoms with Gasteiger partial charge in [0.2, 0.25) is 5.09 Å². The second-order valence-corrected chi connectivity index (χ2v) is 8.84. The van der Waals surface area contributed by atoms with Crippen LogP contribution in [0.1, 0.15) is 16.8 Å². The zero-order valence-electron chi connectivity index (χ0n) is 15.4. The Labute approximate surface area is 170 Å². The van der Waals surface area contributed by atoms with Crippen molar-refractivity contribution in [3.8, 4) is 0 Å². The fraction of sp³-hybridized carbons (Fsp3) is 0.150. The van der Waals surface area contributed by atoms with Crippen molar-refractivity contribution in [2.75, 3.05) is 0 Å². The van der Waals surface area contributed by atoms with Crippen LogP contribution < -0.4 is 0 Å². The molecule has 0 saturated carbocycles. The standard InChI is InChI=1S/C20H15ClFNO5S/c1-10-14-7-12(21)3-6-18(14)28-20(10)29(26,27)23-11(2)15(9-19(24)25)16-8-13(22)4-5-17(16)23/h3-8H,9H2,1-2H3,(H,24,25). The molecule has 0 aliphatic heterocycles. The van der Waals surface area contributed by atoms with Crippen LogP contribution in [-0.2, 0) is 21.2 Å². The maximum atomic E-state index is 13.8. The molecule has 0 unspecified atom stereocenters. The molecule has 29 heavy (non-hydrogen) atoms. The molecule has 4 rings (SSSR count). The van der Waals surface area contributed by atoms with Crippen LogP contribution in [0.15, 0.2) is 45.9 Å². The molecule has 9 heteroatoms. The summed E-state index contributed by atoms with van der Waals surface area (Å²) in [6.45, 7) is 3.09. The van der Waals surface area contributed by atoms with Crippen molar-refractivity contribution < 1.29 is 27.1 Å². The van der Waals surface area contributed by atoms with Gasteiger partial charge in [0.25, 0.3) is 0 Å². The summed E-state index contributed by atoms with van der Waals surface area (Å²) in [6, 6.07) is 8.36. The van der Waals surface area contributed by atoms with E-state index in [9.17, 15) is 22.7 Å². The van der Waals surface area contributed by atoms with Crippen LogP contribution in [0.4, 0.5) is 4.39 Å². The third-order valence-electron chi connectivity index (χ3n) is 4.90. The van der Waals surface area contributed by atoms with Gasteiger partial charge in [0.15, 0.2) is 0 Å². The number of aliphatic carboxylic acids is 1. The molecule has 1 N–H and O–H groups in total. The van der Waals surface area contributed by atoms with Crippen molar-refractivity contribution in [3.63, 3.8) is 0 Å². The maximum Gasteiger partial charge on any atom is 0.307 e. The van der Waals surface area contributed by atoms with E-state index in [1.807, 2.05) is 0 Å². The first-order valence-electron chi connectivity index (χ1n) is 8.56. The highest BCUT2D eigenvalue weighted by molar-refractivity contribution is 7.90. The van der Waals surface area contributed by atoms with Crippen LogP contribution in [0.3, 0.4) is 0 Å². The molecule has 0 bridgehead atoms. The highest BCUT2D eigenvalue weighted by Crippen LogP contribution is 2.35. The van der Waals surface area contributed by atoms with E-state index >= 15 is 0 Å². The highest BCUT2D eigenvalue weighted by Gasteiger charge is 2.31. The summed E-state index contributed by atoms with van der Waals surface area (Å²) in [6.07, 6.45) is -0.441. The molecule has 0 aliphatic carbocycles. The minimum atomic E-state index is -4.24. The van der Waals surface area contributed by atoms with Gasteiger partial charge in [-0.1, -0.05) is 11.6 Å². The first-order chi connectivity index (χ1) is 13.6. The Morgan fingerprint density at radius 3 is 2.59 bits per heavy atom.